The molecule has 162 valence electrons. The summed E-state index contributed by atoms with van der Waals surface area (Å²) in [4.78, 5) is 27.2. The van der Waals surface area contributed by atoms with Crippen LogP contribution in [0.2, 0.25) is 0 Å². The summed E-state index contributed by atoms with van der Waals surface area (Å²) in [5.41, 5.74) is -0.0122. The molecule has 2 amide bonds. The van der Waals surface area contributed by atoms with E-state index in [1.807, 2.05) is 0 Å². The van der Waals surface area contributed by atoms with Gasteiger partial charge >= 0.3 is 6.18 Å². The van der Waals surface area contributed by atoms with Crippen LogP contribution in [0.25, 0.3) is 5.57 Å². The zero-order chi connectivity index (χ0) is 22.9. The number of rotatable bonds is 5. The summed E-state index contributed by atoms with van der Waals surface area (Å²) >= 11 is 0. The molecule has 1 heterocycles. The fourth-order valence-electron chi connectivity index (χ4n) is 3.45. The van der Waals surface area contributed by atoms with E-state index in [0.717, 1.165) is 17.0 Å². The lowest BCUT2D eigenvalue weighted by atomic mass is 10.0. The minimum atomic E-state index is -4.55. The minimum absolute atomic E-state index is 0.0619. The van der Waals surface area contributed by atoms with Crippen LogP contribution < -0.4 is 5.32 Å². The third-order valence-electron chi connectivity index (χ3n) is 4.92. The van der Waals surface area contributed by atoms with Gasteiger partial charge < -0.3 is 5.32 Å². The number of carbonyl (C=O) groups excluding carboxylic acids is 2. The van der Waals surface area contributed by atoms with Gasteiger partial charge in [-0.25, -0.2) is 4.39 Å². The average Bonchev–Trinajstić information content (AvgIpc) is 2.98. The summed E-state index contributed by atoms with van der Waals surface area (Å²) in [7, 11) is 0. The molecular formula is C24H16F4N2O2. The number of hydrogen-bond donors (Lipinski definition) is 1. The van der Waals surface area contributed by atoms with E-state index in [9.17, 15) is 27.2 Å². The van der Waals surface area contributed by atoms with Gasteiger partial charge in [0, 0.05) is 5.69 Å². The van der Waals surface area contributed by atoms with Gasteiger partial charge in [0.25, 0.3) is 11.8 Å². The Hall–Kier alpha value is -3.94. The number of imide groups is 1. The third-order valence-corrected chi connectivity index (χ3v) is 4.92. The second-order valence-electron chi connectivity index (χ2n) is 7.15. The normalized spacial score (nSPS) is 14.3. The third kappa shape index (κ3) is 4.25. The van der Waals surface area contributed by atoms with E-state index in [1.54, 1.807) is 30.3 Å². The molecule has 0 spiro atoms. The van der Waals surface area contributed by atoms with E-state index in [4.69, 9.17) is 0 Å². The molecule has 4 nitrogen and oxygen atoms in total. The van der Waals surface area contributed by atoms with Gasteiger partial charge in [0.05, 0.1) is 17.7 Å². The number of halogens is 4. The standard InChI is InChI=1S/C24H16F4N2O2/c25-18-10-5-11-19(13-18)29-21-20(16-7-2-1-3-8-16)22(31)30(23(21)32)14-15-6-4-9-17(12-15)24(26,27)28/h1-13,29H,14H2. The van der Waals surface area contributed by atoms with Crippen molar-refractivity contribution in [3.63, 3.8) is 0 Å². The molecule has 8 heteroatoms. The first-order valence-electron chi connectivity index (χ1n) is 9.58. The Bertz CT molecular complexity index is 1220. The number of nitrogens with one attached hydrogen (secondary N) is 1. The molecule has 0 saturated carbocycles. The first-order valence-corrected chi connectivity index (χ1v) is 9.58. The van der Waals surface area contributed by atoms with Crippen LogP contribution in [0.1, 0.15) is 16.7 Å². The molecule has 1 N–H and O–H groups in total. The van der Waals surface area contributed by atoms with Crippen molar-refractivity contribution in [1.29, 1.82) is 0 Å². The second kappa shape index (κ2) is 8.30. The van der Waals surface area contributed by atoms with Crippen LogP contribution in [0.4, 0.5) is 23.2 Å². The average molecular weight is 440 g/mol. The lowest BCUT2D eigenvalue weighted by Crippen LogP contribution is -2.32. The SMILES string of the molecule is O=C1C(Nc2cccc(F)c2)=C(c2ccccc2)C(=O)N1Cc1cccc(C(F)(F)F)c1. The van der Waals surface area contributed by atoms with E-state index in [2.05, 4.69) is 5.32 Å². The topological polar surface area (TPSA) is 49.4 Å². The maximum Gasteiger partial charge on any atom is 0.416 e. The van der Waals surface area contributed by atoms with Crippen LogP contribution in [0.3, 0.4) is 0 Å². The van der Waals surface area contributed by atoms with Crippen molar-refractivity contribution in [2.75, 3.05) is 5.32 Å². The van der Waals surface area contributed by atoms with Crippen LogP contribution in [0, 0.1) is 5.82 Å². The fourth-order valence-corrected chi connectivity index (χ4v) is 3.45. The van der Waals surface area contributed by atoms with Gasteiger partial charge in [-0.2, -0.15) is 13.2 Å². The van der Waals surface area contributed by atoms with Crippen molar-refractivity contribution in [2.45, 2.75) is 12.7 Å². The molecule has 0 aliphatic carbocycles. The summed E-state index contributed by atoms with van der Waals surface area (Å²) in [5, 5.41) is 2.81. The Balaban J connectivity index is 1.71. The molecule has 4 rings (SSSR count). The molecule has 0 saturated heterocycles. The van der Waals surface area contributed by atoms with Gasteiger partial charge in [-0.1, -0.05) is 48.5 Å². The van der Waals surface area contributed by atoms with Crippen LogP contribution in [0.15, 0.2) is 84.6 Å². The van der Waals surface area contributed by atoms with E-state index in [1.165, 1.54) is 36.4 Å². The summed E-state index contributed by atoms with van der Waals surface area (Å²) in [6.07, 6.45) is -4.55. The number of carbonyl (C=O) groups is 2. The molecular weight excluding hydrogens is 424 g/mol. The Morgan fingerprint density at radius 1 is 0.812 bits per heavy atom. The Morgan fingerprint density at radius 2 is 1.53 bits per heavy atom. The second-order valence-corrected chi connectivity index (χ2v) is 7.15. The largest absolute Gasteiger partial charge is 0.416 e. The molecule has 32 heavy (non-hydrogen) atoms. The maximum absolute atomic E-state index is 13.6. The van der Waals surface area contributed by atoms with Gasteiger partial charge in [-0.05, 0) is 41.5 Å². The maximum atomic E-state index is 13.6. The van der Waals surface area contributed by atoms with Gasteiger partial charge in [-0.3, -0.25) is 14.5 Å². The van der Waals surface area contributed by atoms with E-state index < -0.39 is 29.4 Å². The van der Waals surface area contributed by atoms with Crippen molar-refractivity contribution in [3.8, 4) is 0 Å². The van der Waals surface area contributed by atoms with E-state index in [-0.39, 0.29) is 29.1 Å². The van der Waals surface area contributed by atoms with Gasteiger partial charge in [0.2, 0.25) is 0 Å². The highest BCUT2D eigenvalue weighted by atomic mass is 19.4. The Kier molecular flexibility index (Phi) is 5.52. The Morgan fingerprint density at radius 3 is 2.22 bits per heavy atom. The first kappa shape index (κ1) is 21.3. The highest BCUT2D eigenvalue weighted by Gasteiger charge is 2.39. The lowest BCUT2D eigenvalue weighted by Gasteiger charge is -2.16. The minimum Gasteiger partial charge on any atom is -0.350 e. The van der Waals surface area contributed by atoms with Crippen molar-refractivity contribution in [3.05, 3.63) is 107 Å². The highest BCUT2D eigenvalue weighted by Crippen LogP contribution is 2.33. The summed E-state index contributed by atoms with van der Waals surface area (Å²) in [6, 6.07) is 18.2. The zero-order valence-electron chi connectivity index (χ0n) is 16.5. The van der Waals surface area contributed by atoms with Crippen LogP contribution >= 0.6 is 0 Å². The van der Waals surface area contributed by atoms with Crippen LogP contribution in [-0.4, -0.2) is 16.7 Å². The molecule has 0 bridgehead atoms. The van der Waals surface area contributed by atoms with Crippen molar-refractivity contribution in [1.82, 2.24) is 4.90 Å². The molecule has 0 fully saturated rings. The summed E-state index contributed by atoms with van der Waals surface area (Å²) < 4.78 is 52.8. The molecule has 0 radical (unpaired) electrons. The fraction of sp³-hybridized carbons (Fsp3) is 0.0833. The number of alkyl halides is 3. The number of amides is 2. The lowest BCUT2D eigenvalue weighted by molar-refractivity contribution is -0.137. The monoisotopic (exact) mass is 440 g/mol. The zero-order valence-corrected chi connectivity index (χ0v) is 16.5. The highest BCUT2D eigenvalue weighted by molar-refractivity contribution is 6.36. The quantitative estimate of drug-likeness (QED) is 0.436. The molecule has 3 aromatic carbocycles. The number of anilines is 1. The predicted molar refractivity (Wildman–Crippen MR) is 110 cm³/mol. The predicted octanol–water partition coefficient (Wildman–Crippen LogP) is 5.24. The molecule has 0 unspecified atom stereocenters. The number of benzene rings is 3. The number of nitrogens with zero attached hydrogens (tertiary/aromatic N) is 1. The van der Waals surface area contributed by atoms with Crippen LogP contribution in [0.5, 0.6) is 0 Å². The van der Waals surface area contributed by atoms with Crippen molar-refractivity contribution >= 4 is 23.1 Å². The molecule has 1 aliphatic heterocycles. The van der Waals surface area contributed by atoms with Gasteiger partial charge in [-0.15, -0.1) is 0 Å². The molecule has 3 aromatic rings. The molecule has 0 atom stereocenters. The van der Waals surface area contributed by atoms with Gasteiger partial charge in [0.1, 0.15) is 11.5 Å². The molecule has 0 aromatic heterocycles. The van der Waals surface area contributed by atoms with Crippen molar-refractivity contribution in [2.24, 2.45) is 0 Å². The van der Waals surface area contributed by atoms with E-state index in [0.29, 0.717) is 5.56 Å². The first-order chi connectivity index (χ1) is 15.2. The summed E-state index contributed by atoms with van der Waals surface area (Å²) in [6.45, 7) is -0.341. The van der Waals surface area contributed by atoms with Crippen LogP contribution in [-0.2, 0) is 22.3 Å². The summed E-state index contributed by atoms with van der Waals surface area (Å²) in [5.74, 6) is -1.90. The van der Waals surface area contributed by atoms with Crippen molar-refractivity contribution < 1.29 is 27.2 Å². The molecule has 1 aliphatic rings. The smallest absolute Gasteiger partial charge is 0.350 e. The Labute approximate surface area is 180 Å². The number of hydrogen-bond acceptors (Lipinski definition) is 3. The van der Waals surface area contributed by atoms with Gasteiger partial charge in [0.15, 0.2) is 0 Å². The van der Waals surface area contributed by atoms with E-state index >= 15 is 0 Å².